The zero-order valence-electron chi connectivity index (χ0n) is 16.5. The Morgan fingerprint density at radius 3 is 2.59 bits per heavy atom. The predicted molar refractivity (Wildman–Crippen MR) is 107 cm³/mol. The van der Waals surface area contributed by atoms with Crippen molar-refractivity contribution in [1.29, 1.82) is 0 Å². The van der Waals surface area contributed by atoms with Crippen molar-refractivity contribution in [2.75, 3.05) is 18.5 Å². The van der Waals surface area contributed by atoms with Crippen LogP contribution in [0.3, 0.4) is 0 Å². The fraction of sp³-hybridized carbons (Fsp3) is 0.333. The lowest BCUT2D eigenvalue weighted by Gasteiger charge is -2.22. The SMILES string of the molecule is Cc1nc(NC(C)c2ccc(-c3nc(C4COC4)no3)cc2)c2cc(C)oc2n1. The van der Waals surface area contributed by atoms with Crippen molar-refractivity contribution >= 4 is 16.9 Å². The summed E-state index contributed by atoms with van der Waals surface area (Å²) >= 11 is 0. The van der Waals surface area contributed by atoms with Gasteiger partial charge in [-0.25, -0.2) is 4.98 Å². The molecule has 0 radical (unpaired) electrons. The van der Waals surface area contributed by atoms with Gasteiger partial charge in [-0.1, -0.05) is 17.3 Å². The number of aryl methyl sites for hydroxylation is 2. The van der Waals surface area contributed by atoms with Crippen molar-refractivity contribution in [3.8, 4) is 11.5 Å². The van der Waals surface area contributed by atoms with Gasteiger partial charge in [-0.15, -0.1) is 0 Å². The highest BCUT2D eigenvalue weighted by Crippen LogP contribution is 2.29. The van der Waals surface area contributed by atoms with Gasteiger partial charge in [-0.3, -0.25) is 0 Å². The largest absolute Gasteiger partial charge is 0.443 e. The van der Waals surface area contributed by atoms with Gasteiger partial charge in [0.2, 0.25) is 5.71 Å². The Morgan fingerprint density at radius 1 is 1.07 bits per heavy atom. The predicted octanol–water partition coefficient (Wildman–Crippen LogP) is 4.18. The fourth-order valence-corrected chi connectivity index (χ4v) is 3.36. The molecule has 1 aliphatic rings. The van der Waals surface area contributed by atoms with E-state index < -0.39 is 0 Å². The standard InChI is InChI=1S/C21H21N5O3/c1-11-8-17-19(23-13(3)24-21(17)28-11)22-12(2)14-4-6-15(7-5-14)20-25-18(26-29-20)16-9-27-10-16/h4-8,12,16H,9-10H2,1-3H3,(H,22,23,24). The van der Waals surface area contributed by atoms with Crippen molar-refractivity contribution in [3.05, 3.63) is 53.3 Å². The second-order valence-corrected chi connectivity index (χ2v) is 7.38. The number of nitrogens with one attached hydrogen (secondary N) is 1. The molecule has 29 heavy (non-hydrogen) atoms. The summed E-state index contributed by atoms with van der Waals surface area (Å²) in [4.78, 5) is 13.4. The summed E-state index contributed by atoms with van der Waals surface area (Å²) in [6.45, 7) is 7.17. The molecule has 0 bridgehead atoms. The first-order chi connectivity index (χ1) is 14.1. The number of anilines is 1. The quantitative estimate of drug-likeness (QED) is 0.541. The lowest BCUT2D eigenvalue weighted by atomic mass is 10.1. The molecule has 4 aromatic rings. The van der Waals surface area contributed by atoms with E-state index in [0.717, 1.165) is 28.1 Å². The molecule has 0 aliphatic carbocycles. The lowest BCUT2D eigenvalue weighted by molar-refractivity contribution is 0.00403. The molecule has 5 rings (SSSR count). The zero-order chi connectivity index (χ0) is 20.0. The van der Waals surface area contributed by atoms with Gasteiger partial charge in [-0.2, -0.15) is 9.97 Å². The second kappa shape index (κ2) is 6.97. The molecule has 1 aliphatic heterocycles. The van der Waals surface area contributed by atoms with Crippen LogP contribution >= 0.6 is 0 Å². The molecule has 3 aromatic heterocycles. The Balaban J connectivity index is 1.35. The van der Waals surface area contributed by atoms with Crippen LogP contribution in [-0.2, 0) is 4.74 Å². The van der Waals surface area contributed by atoms with Crippen molar-refractivity contribution in [2.45, 2.75) is 32.7 Å². The van der Waals surface area contributed by atoms with Crippen molar-refractivity contribution in [3.63, 3.8) is 0 Å². The maximum atomic E-state index is 5.65. The van der Waals surface area contributed by atoms with Gasteiger partial charge >= 0.3 is 0 Å². The van der Waals surface area contributed by atoms with Crippen molar-refractivity contribution in [2.24, 2.45) is 0 Å². The fourth-order valence-electron chi connectivity index (χ4n) is 3.36. The van der Waals surface area contributed by atoms with Gasteiger partial charge in [0.1, 0.15) is 17.4 Å². The average molecular weight is 391 g/mol. The van der Waals surface area contributed by atoms with Crippen LogP contribution in [0, 0.1) is 13.8 Å². The number of hydrogen-bond donors (Lipinski definition) is 1. The molecule has 1 saturated heterocycles. The molecule has 8 heteroatoms. The summed E-state index contributed by atoms with van der Waals surface area (Å²) in [5.74, 6) is 3.74. The average Bonchev–Trinajstić information content (AvgIpc) is 3.27. The highest BCUT2D eigenvalue weighted by atomic mass is 16.5. The molecule has 0 saturated carbocycles. The Kier molecular flexibility index (Phi) is 4.28. The number of hydrogen-bond acceptors (Lipinski definition) is 8. The summed E-state index contributed by atoms with van der Waals surface area (Å²) in [6.07, 6.45) is 0. The van der Waals surface area contributed by atoms with E-state index in [2.05, 4.69) is 44.5 Å². The first kappa shape index (κ1) is 17.8. The summed E-state index contributed by atoms with van der Waals surface area (Å²) in [7, 11) is 0. The third-order valence-electron chi connectivity index (χ3n) is 5.08. The van der Waals surface area contributed by atoms with Crippen molar-refractivity contribution in [1.82, 2.24) is 20.1 Å². The maximum Gasteiger partial charge on any atom is 0.257 e. The summed E-state index contributed by atoms with van der Waals surface area (Å²) in [5, 5.41) is 8.42. The molecule has 4 heterocycles. The van der Waals surface area contributed by atoms with E-state index in [1.54, 1.807) is 0 Å². The van der Waals surface area contributed by atoms with Crippen LogP contribution in [0.2, 0.25) is 0 Å². The van der Waals surface area contributed by atoms with Gasteiger partial charge in [0.05, 0.1) is 24.5 Å². The summed E-state index contributed by atoms with van der Waals surface area (Å²) in [6, 6.07) is 10.1. The van der Waals surface area contributed by atoms with Gasteiger partial charge in [0.25, 0.3) is 5.89 Å². The zero-order valence-corrected chi connectivity index (χ0v) is 16.5. The lowest BCUT2D eigenvalue weighted by Crippen LogP contribution is -2.26. The van der Waals surface area contributed by atoms with E-state index in [9.17, 15) is 0 Å². The number of furan rings is 1. The molecule has 0 amide bonds. The number of nitrogens with zero attached hydrogens (tertiary/aromatic N) is 4. The van der Waals surface area contributed by atoms with Crippen LogP contribution in [0.1, 0.15) is 41.9 Å². The minimum Gasteiger partial charge on any atom is -0.443 e. The number of ether oxygens (including phenoxy) is 1. The van der Waals surface area contributed by atoms with Gasteiger partial charge < -0.3 is 19.0 Å². The highest BCUT2D eigenvalue weighted by molar-refractivity contribution is 5.86. The van der Waals surface area contributed by atoms with Crippen LogP contribution in [0.4, 0.5) is 5.82 Å². The Morgan fingerprint density at radius 2 is 1.86 bits per heavy atom. The Bertz CT molecular complexity index is 1160. The van der Waals surface area contributed by atoms with Gasteiger partial charge in [0.15, 0.2) is 5.82 Å². The summed E-state index contributed by atoms with van der Waals surface area (Å²) < 4.78 is 16.2. The van der Waals surface area contributed by atoms with Gasteiger partial charge in [0, 0.05) is 11.6 Å². The van der Waals surface area contributed by atoms with Crippen LogP contribution in [0.5, 0.6) is 0 Å². The smallest absolute Gasteiger partial charge is 0.257 e. The van der Waals surface area contributed by atoms with Gasteiger partial charge in [-0.05, 0) is 44.5 Å². The van der Waals surface area contributed by atoms with E-state index in [4.69, 9.17) is 13.7 Å². The van der Waals surface area contributed by atoms with Crippen molar-refractivity contribution < 1.29 is 13.7 Å². The first-order valence-electron chi connectivity index (χ1n) is 9.60. The molecule has 148 valence electrons. The molecule has 1 N–H and O–H groups in total. The first-order valence-corrected chi connectivity index (χ1v) is 9.60. The number of aromatic nitrogens is 4. The maximum absolute atomic E-state index is 5.65. The van der Waals surface area contributed by atoms with E-state index in [1.165, 1.54) is 0 Å². The number of fused-ring (bicyclic) bond motifs is 1. The van der Waals surface area contributed by atoms with E-state index >= 15 is 0 Å². The topological polar surface area (TPSA) is 99.1 Å². The molecular formula is C21H21N5O3. The normalized spacial score (nSPS) is 15.4. The highest BCUT2D eigenvalue weighted by Gasteiger charge is 2.26. The third-order valence-corrected chi connectivity index (χ3v) is 5.08. The molecule has 1 unspecified atom stereocenters. The molecule has 0 spiro atoms. The van der Waals surface area contributed by atoms with Crippen LogP contribution in [-0.4, -0.2) is 33.3 Å². The second-order valence-electron chi connectivity index (χ2n) is 7.38. The van der Waals surface area contributed by atoms with Crippen LogP contribution in [0.15, 0.2) is 39.3 Å². The van der Waals surface area contributed by atoms with E-state index in [1.807, 2.05) is 32.0 Å². The minimum absolute atomic E-state index is 0.0436. The molecule has 1 fully saturated rings. The van der Waals surface area contributed by atoms with Crippen LogP contribution < -0.4 is 5.32 Å². The third kappa shape index (κ3) is 3.36. The summed E-state index contributed by atoms with van der Waals surface area (Å²) in [5.41, 5.74) is 2.61. The van der Waals surface area contributed by atoms with E-state index in [-0.39, 0.29) is 12.0 Å². The molecular weight excluding hydrogens is 370 g/mol. The molecule has 8 nitrogen and oxygen atoms in total. The molecule has 1 atom stereocenters. The molecule has 1 aromatic carbocycles. The minimum atomic E-state index is 0.0436. The van der Waals surface area contributed by atoms with E-state index in [0.29, 0.717) is 36.5 Å². The number of benzene rings is 1. The van der Waals surface area contributed by atoms with Crippen LogP contribution in [0.25, 0.3) is 22.6 Å². The number of rotatable bonds is 5. The monoisotopic (exact) mass is 391 g/mol. The Labute approximate surface area is 167 Å². The Hall–Kier alpha value is -3.26.